The molecule has 16 atom stereocenters. The van der Waals surface area contributed by atoms with Crippen molar-refractivity contribution in [1.29, 1.82) is 0 Å². The lowest BCUT2D eigenvalue weighted by molar-refractivity contribution is -0.146. The molecule has 0 rings (SSSR count). The Kier molecular flexibility index (Phi) is 87.5. The highest BCUT2D eigenvalue weighted by Crippen LogP contribution is 2.37. The molecule has 0 aromatic carbocycles. The number of carbonyl (C=O) groups is 8. The van der Waals surface area contributed by atoms with E-state index in [1.807, 2.05) is 83.2 Å². The lowest BCUT2D eigenvalue weighted by atomic mass is 9.84. The number of thioether (sulfide) groups is 1. The Morgan fingerprint density at radius 1 is 0.336 bits per heavy atom. The molecule has 0 heterocycles. The number of allylic oxidation sites excluding steroid dienone is 16. The fraction of sp³-hybridized carbons (Fsp3) is 0.778. The van der Waals surface area contributed by atoms with E-state index >= 15 is 0 Å². The minimum Gasteiger partial charge on any atom is -0.481 e. The Labute approximate surface area is 909 Å². The third kappa shape index (κ3) is 71.2. The van der Waals surface area contributed by atoms with E-state index in [4.69, 9.17) is 73.0 Å². The van der Waals surface area contributed by atoms with Gasteiger partial charge in [0.2, 0.25) is 17.7 Å². The summed E-state index contributed by atoms with van der Waals surface area (Å²) >= 11 is 42.6. The molecule has 816 valence electrons. The molecule has 140 heavy (non-hydrogen) atoms. The van der Waals surface area contributed by atoms with Crippen LogP contribution in [0, 0.1) is 69.0 Å². The van der Waals surface area contributed by atoms with Gasteiger partial charge in [-0.25, -0.2) is 0 Å². The van der Waals surface area contributed by atoms with E-state index in [0.29, 0.717) is 114 Å². The van der Waals surface area contributed by atoms with Crippen LogP contribution in [-0.2, 0) is 64.9 Å². The summed E-state index contributed by atoms with van der Waals surface area (Å²) in [5, 5.41) is 46.8. The van der Waals surface area contributed by atoms with Gasteiger partial charge in [-0.1, -0.05) is 308 Å². The number of rotatable bonds is 80. The first kappa shape index (κ1) is 144. The largest absolute Gasteiger partial charge is 0.500 e. The zero-order chi connectivity index (χ0) is 108. The van der Waals surface area contributed by atoms with Gasteiger partial charge in [0, 0.05) is 136 Å². The average Bonchev–Trinajstić information content (AvgIpc) is 0.881. The molecule has 0 aliphatic carbocycles. The number of halogens is 8. The number of carbonyl (C=O) groups excluding carboxylic acids is 4. The molecule has 7 N–H and O–H groups in total. The van der Waals surface area contributed by atoms with Crippen molar-refractivity contribution in [2.75, 3.05) is 68.0 Å². The monoisotopic (exact) mass is 2360 g/mol. The minimum absolute atomic E-state index is 0.0139. The molecule has 0 spiro atoms. The van der Waals surface area contributed by atoms with Crippen molar-refractivity contribution >= 4 is 186 Å². The maximum Gasteiger partial charge on any atom is 0.500 e. The Balaban J connectivity index is -0.000000884. The maximum absolute atomic E-state index is 12.7. The molecule has 0 saturated carbocycles. The van der Waals surface area contributed by atoms with Gasteiger partial charge in [0.1, 0.15) is 0 Å². The van der Waals surface area contributed by atoms with Crippen molar-refractivity contribution in [2.45, 2.75) is 396 Å². The van der Waals surface area contributed by atoms with Crippen LogP contribution in [0.1, 0.15) is 343 Å². The summed E-state index contributed by atoms with van der Waals surface area (Å²) in [6.45, 7) is 40.2. The van der Waals surface area contributed by atoms with E-state index in [0.717, 1.165) is 141 Å². The van der Waals surface area contributed by atoms with Crippen molar-refractivity contribution in [3.05, 3.63) is 97.2 Å². The lowest BCUT2D eigenvalue weighted by Gasteiger charge is -2.24. The first-order valence-electron chi connectivity index (χ1n) is 51.4. The molecule has 0 aromatic rings. The predicted molar refractivity (Wildman–Crippen MR) is 610 cm³/mol. The van der Waals surface area contributed by atoms with Crippen LogP contribution in [0.3, 0.4) is 0 Å². The van der Waals surface area contributed by atoms with Gasteiger partial charge >= 0.3 is 41.5 Å². The van der Waals surface area contributed by atoms with Gasteiger partial charge in [-0.05, 0) is 227 Å². The fourth-order valence-electron chi connectivity index (χ4n) is 14.9. The fourth-order valence-corrected chi connectivity index (χ4v) is 22.6. The summed E-state index contributed by atoms with van der Waals surface area (Å²) in [4.78, 5) is 98.7. The molecule has 0 fully saturated rings. The Bertz CT molecular complexity index is 3300. The van der Waals surface area contributed by atoms with E-state index in [-0.39, 0.29) is 103 Å². The number of carboxylic acid groups (broad SMARTS) is 4. The first-order valence-corrected chi connectivity index (χ1v) is 61.6. The molecule has 0 saturated heterocycles. The molecule has 0 radical (unpaired) electrons. The van der Waals surface area contributed by atoms with Gasteiger partial charge in [0.15, 0.2) is 5.12 Å². The molecule has 0 bridgehead atoms. The first-order chi connectivity index (χ1) is 65.9. The van der Waals surface area contributed by atoms with E-state index in [1.165, 1.54) is 18.2 Å². The van der Waals surface area contributed by atoms with Crippen LogP contribution >= 0.6 is 122 Å². The molecule has 21 nitrogen and oxygen atoms in total. The number of amides is 3. The Morgan fingerprint density at radius 3 is 0.821 bits per heavy atom. The van der Waals surface area contributed by atoms with Crippen LogP contribution in [0.4, 0.5) is 0 Å². The maximum atomic E-state index is 12.7. The van der Waals surface area contributed by atoms with E-state index in [9.17, 15) is 58.8 Å². The van der Waals surface area contributed by atoms with Crippen LogP contribution in [0.2, 0.25) is 12.1 Å². The number of carboxylic acids is 4. The van der Waals surface area contributed by atoms with Crippen LogP contribution in [0.15, 0.2) is 97.2 Å². The summed E-state index contributed by atoms with van der Waals surface area (Å²) < 4.78 is 32.4. The van der Waals surface area contributed by atoms with E-state index in [1.54, 1.807) is 42.7 Å². The van der Waals surface area contributed by atoms with Gasteiger partial charge in [-0.3, -0.25) is 38.4 Å². The molecule has 0 aromatic heterocycles. The topological polar surface area (TPSA) is 309 Å². The lowest BCUT2D eigenvalue weighted by Crippen LogP contribution is -2.43. The standard InChI is InChI=1S/C28H50Br2O6SSi.C28H51Cl2NO6Si.C26H45Br2NO3.C26H45Cl2NO3/c1-8-14-22(16-17-25(30)24(29)15-11-10-12-18-28(3,4)9-2)23(27(32)33)21-26(31)37-19-13-20-38(34-5,35-6)36-7;1-8-14-22(16-17-25(30)24(29)15-11-10-12-18-28(3,4)9-2)23(27(33)34)21-26(32)31-19-13-20-38(35-5,36-6)37-7;2*1-6-9-18-29-24(30)19-21(25(31)32)20(13-7-2)15-16-23(28)22(27)14-11-10-12-17-26(4,5)8-3/h8,10,12,14,22-25H,9,11,13,15-21H2,1-7H3,(H,32,33);8,10,12,14,22-25H,9,11,13,15-21H2,1-7H3,(H,31,32)(H,33,34);2*7,10,12-13,20-23H,6,8-9,11,14-19H2,1-5H3,(H,29,30)(H,31,32)/b2*12-10+,14-8+;2*12-10+,13-7+. The molecular formula is C108H191Br4Cl4N3O18SSi2. The van der Waals surface area contributed by atoms with Crippen molar-refractivity contribution in [3.8, 4) is 0 Å². The van der Waals surface area contributed by atoms with Gasteiger partial charge in [-0.2, -0.15) is 0 Å². The summed E-state index contributed by atoms with van der Waals surface area (Å²) in [6.07, 6.45) is 59.5. The Hall–Kier alpha value is -2.50. The minimum atomic E-state index is -2.70. The number of hydrogen-bond donors (Lipinski definition) is 7. The van der Waals surface area contributed by atoms with Crippen molar-refractivity contribution in [2.24, 2.45) is 69.0 Å². The Morgan fingerprint density at radius 2 is 0.571 bits per heavy atom. The quantitative estimate of drug-likeness (QED) is 0.0129. The van der Waals surface area contributed by atoms with Gasteiger partial charge < -0.3 is 62.9 Å². The van der Waals surface area contributed by atoms with Crippen molar-refractivity contribution in [1.82, 2.24) is 16.0 Å². The normalized spacial score (nSPS) is 16.1. The van der Waals surface area contributed by atoms with E-state index < -0.39 is 65.2 Å². The summed E-state index contributed by atoms with van der Waals surface area (Å²) in [6, 6.07) is 1.15. The molecule has 32 heteroatoms. The third-order valence-corrected chi connectivity index (χ3v) is 41.2. The van der Waals surface area contributed by atoms with Gasteiger partial charge in [-0.15, -0.1) is 46.4 Å². The number of hydrogen-bond acceptors (Lipinski definition) is 15. The molecule has 0 aliphatic heterocycles. The second kappa shape index (κ2) is 85.2. The number of aliphatic carboxylic acids is 4. The summed E-state index contributed by atoms with van der Waals surface area (Å²) in [7, 11) is 3.97. The SMILES string of the molecule is C/C=C/C(CCC(Br)C(Br)CC/C=C/CC(C)(C)CC)C(CC(=O)NCCCC)C(=O)O.C/C=C/C(CCC(Br)C(Br)CC/C=C/CC(C)(C)CC)C(CC(=O)SCCC[Si](OC)(OC)OC)C(=O)O.C/C=C/C(CCC(Cl)C(Cl)CC/C=C/CC(C)(C)CC)C(CC(=O)NCCCC)C(=O)O.C/C=C/C(CCC(Cl)C(Cl)CC/C=C/CC(C)(C)CC)C(CC(=O)NCCC[Si](OC)(OC)OC)C(=O)O. The second-order valence-corrected chi connectivity index (χ2v) is 53.9. The van der Waals surface area contributed by atoms with E-state index in [2.05, 4.69) is 218 Å². The average molecular weight is 2370 g/mol. The highest BCUT2D eigenvalue weighted by Gasteiger charge is 2.40. The molecule has 16 unspecified atom stereocenters. The zero-order valence-corrected chi connectivity index (χ0v) is 102. The molecular weight excluding hydrogens is 2180 g/mol. The highest BCUT2D eigenvalue weighted by atomic mass is 79.9. The molecule has 3 amide bonds. The summed E-state index contributed by atoms with van der Waals surface area (Å²) in [5.74, 6) is -7.89. The van der Waals surface area contributed by atoms with Crippen molar-refractivity contribution in [3.63, 3.8) is 0 Å². The predicted octanol–water partition coefficient (Wildman–Crippen LogP) is 30.1. The van der Waals surface area contributed by atoms with Gasteiger partial charge in [0.25, 0.3) is 0 Å². The number of alkyl halides is 8. The third-order valence-electron chi connectivity index (χ3n) is 26.4. The van der Waals surface area contributed by atoms with Crippen molar-refractivity contribution < 1.29 is 85.3 Å². The van der Waals surface area contributed by atoms with Crippen LogP contribution in [0.25, 0.3) is 0 Å². The van der Waals surface area contributed by atoms with Crippen LogP contribution in [-0.4, -0.2) is 194 Å². The molecule has 0 aliphatic rings. The van der Waals surface area contributed by atoms with Crippen LogP contribution in [0.5, 0.6) is 0 Å². The second-order valence-electron chi connectivity index (χ2n) is 39.6. The van der Waals surface area contributed by atoms with Gasteiger partial charge in [0.05, 0.1) is 34.4 Å². The number of nitrogens with one attached hydrogen (secondary N) is 3. The smallest absolute Gasteiger partial charge is 0.481 e. The zero-order valence-electron chi connectivity index (χ0n) is 90.2. The highest BCUT2D eigenvalue weighted by molar-refractivity contribution is 9.12. The summed E-state index contributed by atoms with van der Waals surface area (Å²) in [5.41, 5.74) is 1.33. The van der Waals surface area contributed by atoms with Crippen LogP contribution < -0.4 is 16.0 Å². The number of unbranched alkanes of at least 4 members (excludes halogenated alkanes) is 2.